The van der Waals surface area contributed by atoms with E-state index in [0.717, 1.165) is 15.4 Å². The molecular formula is C15H17N3OS. The molecule has 1 aromatic carbocycles. The highest BCUT2D eigenvalue weighted by molar-refractivity contribution is 7.15. The Kier molecular flexibility index (Phi) is 4.42. The monoisotopic (exact) mass is 287 g/mol. The second-order valence-electron chi connectivity index (χ2n) is 4.77. The minimum atomic E-state index is -0.328. The lowest BCUT2D eigenvalue weighted by Crippen LogP contribution is -2.24. The third-order valence-electron chi connectivity index (χ3n) is 2.79. The minimum absolute atomic E-state index is 0.0162. The van der Waals surface area contributed by atoms with Gasteiger partial charge in [-0.15, -0.1) is 11.3 Å². The summed E-state index contributed by atoms with van der Waals surface area (Å²) < 4.78 is 0. The third kappa shape index (κ3) is 3.18. The van der Waals surface area contributed by atoms with E-state index in [1.165, 1.54) is 11.3 Å². The number of ketones is 1. The predicted octanol–water partition coefficient (Wildman–Crippen LogP) is 3.06. The molecule has 2 rings (SSSR count). The van der Waals surface area contributed by atoms with E-state index in [4.69, 9.17) is 11.1 Å². The van der Waals surface area contributed by atoms with E-state index in [1.54, 1.807) is 6.92 Å². The number of carbonyl (C=O) groups excluding carboxylic acids is 1. The molecule has 0 aliphatic carbocycles. The van der Waals surface area contributed by atoms with Gasteiger partial charge in [0.05, 0.1) is 15.6 Å². The second-order valence-corrected chi connectivity index (χ2v) is 5.97. The van der Waals surface area contributed by atoms with Crippen molar-refractivity contribution in [2.75, 3.05) is 0 Å². The van der Waals surface area contributed by atoms with Gasteiger partial charge in [0.1, 0.15) is 5.69 Å². The van der Waals surface area contributed by atoms with Crippen LogP contribution in [0.5, 0.6) is 0 Å². The first-order valence-electron chi connectivity index (χ1n) is 6.39. The first-order valence-corrected chi connectivity index (χ1v) is 7.21. The van der Waals surface area contributed by atoms with E-state index < -0.39 is 0 Å². The van der Waals surface area contributed by atoms with Crippen molar-refractivity contribution >= 4 is 22.8 Å². The number of nitrogens with two attached hydrogens (primary N) is 1. The number of rotatable bonds is 5. The number of aryl methyl sites for hydroxylation is 1. The molecular weight excluding hydrogens is 270 g/mol. The van der Waals surface area contributed by atoms with Gasteiger partial charge in [0.25, 0.3) is 0 Å². The average molecular weight is 287 g/mol. The van der Waals surface area contributed by atoms with Gasteiger partial charge in [-0.05, 0) is 19.4 Å². The van der Waals surface area contributed by atoms with Crippen LogP contribution in [0.2, 0.25) is 0 Å². The summed E-state index contributed by atoms with van der Waals surface area (Å²) in [6, 6.07) is 9.46. The number of nitrogens with one attached hydrogen (secondary N) is 1. The van der Waals surface area contributed by atoms with Gasteiger partial charge in [0.15, 0.2) is 0 Å². The molecule has 1 heterocycles. The molecule has 0 bridgehead atoms. The molecule has 0 radical (unpaired) electrons. The normalized spacial score (nSPS) is 12.2. The third-order valence-corrected chi connectivity index (χ3v) is 3.81. The Labute approximate surface area is 122 Å². The van der Waals surface area contributed by atoms with Crippen molar-refractivity contribution < 1.29 is 4.79 Å². The Morgan fingerprint density at radius 3 is 2.65 bits per heavy atom. The predicted molar refractivity (Wildman–Crippen MR) is 82.6 cm³/mol. The van der Waals surface area contributed by atoms with Crippen molar-refractivity contribution in [2.45, 2.75) is 26.3 Å². The summed E-state index contributed by atoms with van der Waals surface area (Å²) in [6.07, 6.45) is 0.267. The molecule has 3 N–H and O–H groups in total. The van der Waals surface area contributed by atoms with Gasteiger partial charge in [-0.2, -0.15) is 0 Å². The highest BCUT2D eigenvalue weighted by atomic mass is 32.1. The van der Waals surface area contributed by atoms with Crippen LogP contribution >= 0.6 is 11.3 Å². The smallest absolute Gasteiger partial charge is 0.226 e. The van der Waals surface area contributed by atoms with Crippen molar-refractivity contribution in [3.8, 4) is 10.4 Å². The molecule has 1 atom stereocenters. The molecule has 0 aliphatic rings. The highest BCUT2D eigenvalue weighted by Crippen LogP contribution is 2.30. The summed E-state index contributed by atoms with van der Waals surface area (Å²) in [7, 11) is 0. The number of hydrogen-bond donors (Lipinski definition) is 2. The van der Waals surface area contributed by atoms with E-state index in [9.17, 15) is 4.79 Å². The molecule has 0 amide bonds. The van der Waals surface area contributed by atoms with E-state index >= 15 is 0 Å². The molecule has 0 spiro atoms. The minimum Gasteiger partial charge on any atom is -0.328 e. The summed E-state index contributed by atoms with van der Waals surface area (Å²) in [5.41, 5.74) is 6.99. The maximum absolute atomic E-state index is 12.4. The average Bonchev–Trinajstić information content (AvgIpc) is 2.80. The largest absolute Gasteiger partial charge is 0.328 e. The fraction of sp³-hybridized carbons (Fsp3) is 0.267. The molecule has 1 aromatic heterocycles. The van der Waals surface area contributed by atoms with E-state index in [2.05, 4.69) is 4.98 Å². The zero-order valence-corrected chi connectivity index (χ0v) is 12.3. The van der Waals surface area contributed by atoms with Crippen LogP contribution in [0.3, 0.4) is 0 Å². The van der Waals surface area contributed by atoms with Crippen LogP contribution in [0, 0.1) is 12.3 Å². The van der Waals surface area contributed by atoms with Crippen LogP contribution in [0.25, 0.3) is 10.4 Å². The zero-order chi connectivity index (χ0) is 14.7. The SMILES string of the molecule is Cc1nc(C(=O)C(=N)C[C@@H](C)N)c(-c2ccccc2)s1. The van der Waals surface area contributed by atoms with Crippen LogP contribution in [-0.2, 0) is 0 Å². The van der Waals surface area contributed by atoms with Crippen LogP contribution in [0.15, 0.2) is 30.3 Å². The molecule has 4 nitrogen and oxygen atoms in total. The van der Waals surface area contributed by atoms with E-state index in [1.807, 2.05) is 37.3 Å². The molecule has 0 saturated carbocycles. The molecule has 104 valence electrons. The lowest BCUT2D eigenvalue weighted by atomic mass is 10.0. The maximum atomic E-state index is 12.4. The summed E-state index contributed by atoms with van der Waals surface area (Å²) in [5.74, 6) is -0.328. The van der Waals surface area contributed by atoms with Crippen LogP contribution in [0.1, 0.15) is 28.8 Å². The summed E-state index contributed by atoms with van der Waals surface area (Å²) >= 11 is 1.47. The first kappa shape index (κ1) is 14.6. The van der Waals surface area contributed by atoms with Crippen molar-refractivity contribution in [1.82, 2.24) is 4.98 Å². The lowest BCUT2D eigenvalue weighted by molar-refractivity contribution is 0.105. The topological polar surface area (TPSA) is 79.8 Å². The maximum Gasteiger partial charge on any atom is 0.226 e. The zero-order valence-electron chi connectivity index (χ0n) is 11.5. The van der Waals surface area contributed by atoms with Gasteiger partial charge < -0.3 is 11.1 Å². The second kappa shape index (κ2) is 6.07. The standard InChI is InChI=1S/C15H17N3OS/c1-9(16)8-12(17)14(19)13-15(20-10(2)18-13)11-6-4-3-5-7-11/h3-7,9,17H,8,16H2,1-2H3/t9-/m1/s1. The van der Waals surface area contributed by atoms with Gasteiger partial charge in [0, 0.05) is 12.5 Å². The molecule has 5 heteroatoms. The van der Waals surface area contributed by atoms with Gasteiger partial charge in [0.2, 0.25) is 5.78 Å². The molecule has 0 unspecified atom stereocenters. The van der Waals surface area contributed by atoms with Gasteiger partial charge in [-0.1, -0.05) is 30.3 Å². The summed E-state index contributed by atoms with van der Waals surface area (Å²) in [5, 5.41) is 8.69. The Bertz CT molecular complexity index is 632. The fourth-order valence-corrected chi connectivity index (χ4v) is 2.85. The first-order chi connectivity index (χ1) is 9.49. The van der Waals surface area contributed by atoms with Crippen LogP contribution in [0.4, 0.5) is 0 Å². The number of benzene rings is 1. The van der Waals surface area contributed by atoms with Gasteiger partial charge in [-0.25, -0.2) is 4.98 Å². The molecule has 2 aromatic rings. The van der Waals surface area contributed by atoms with Crippen molar-refractivity contribution in [2.24, 2.45) is 5.73 Å². The van der Waals surface area contributed by atoms with Crippen molar-refractivity contribution in [3.63, 3.8) is 0 Å². The summed E-state index contributed by atoms with van der Waals surface area (Å²) in [4.78, 5) is 17.5. The molecule has 0 aliphatic heterocycles. The number of Topliss-reactive ketones (excluding diaryl/α,β-unsaturated/α-hetero) is 1. The fourth-order valence-electron chi connectivity index (χ4n) is 1.92. The van der Waals surface area contributed by atoms with Crippen LogP contribution < -0.4 is 5.73 Å². The van der Waals surface area contributed by atoms with Gasteiger partial charge >= 0.3 is 0 Å². The Morgan fingerprint density at radius 2 is 2.05 bits per heavy atom. The van der Waals surface area contributed by atoms with E-state index in [-0.39, 0.29) is 24.0 Å². The number of carbonyl (C=O) groups is 1. The Morgan fingerprint density at radius 1 is 1.40 bits per heavy atom. The van der Waals surface area contributed by atoms with Crippen LogP contribution in [-0.4, -0.2) is 22.5 Å². The molecule has 20 heavy (non-hydrogen) atoms. The number of hydrogen-bond acceptors (Lipinski definition) is 5. The number of aromatic nitrogens is 1. The number of nitrogens with zero attached hydrogens (tertiary/aromatic N) is 1. The van der Waals surface area contributed by atoms with E-state index in [0.29, 0.717) is 5.69 Å². The quantitative estimate of drug-likeness (QED) is 0.655. The Hall–Kier alpha value is -1.85. The Balaban J connectivity index is 2.38. The number of thiazole rings is 1. The van der Waals surface area contributed by atoms with Crippen molar-refractivity contribution in [3.05, 3.63) is 41.0 Å². The molecule has 0 saturated heterocycles. The lowest BCUT2D eigenvalue weighted by Gasteiger charge is -2.06. The highest BCUT2D eigenvalue weighted by Gasteiger charge is 2.22. The van der Waals surface area contributed by atoms with Crippen molar-refractivity contribution in [1.29, 1.82) is 5.41 Å². The van der Waals surface area contributed by atoms with Gasteiger partial charge in [-0.3, -0.25) is 4.79 Å². The molecule has 0 fully saturated rings. The summed E-state index contributed by atoms with van der Waals surface area (Å²) in [6.45, 7) is 3.65.